The number of methoxy groups -OCH3 is 2. The number of benzene rings is 2. The Morgan fingerprint density at radius 1 is 1.12 bits per heavy atom. The summed E-state index contributed by atoms with van der Waals surface area (Å²) in [7, 11) is -0.849. The third kappa shape index (κ3) is 5.77. The van der Waals surface area contributed by atoms with Gasteiger partial charge in [-0.05, 0) is 54.5 Å². The zero-order chi connectivity index (χ0) is 23.1. The molecule has 2 aromatic carbocycles. The molecule has 0 bridgehead atoms. The van der Waals surface area contributed by atoms with Crippen LogP contribution in [0.15, 0.2) is 70.2 Å². The predicted molar refractivity (Wildman–Crippen MR) is 121 cm³/mol. The molecule has 0 saturated carbocycles. The number of nitrogens with one attached hydrogen (secondary N) is 1. The van der Waals surface area contributed by atoms with Crippen molar-refractivity contribution in [3.05, 3.63) is 72.0 Å². The molecule has 1 amide bonds. The van der Waals surface area contributed by atoms with E-state index in [1.807, 2.05) is 0 Å². The van der Waals surface area contributed by atoms with Crippen LogP contribution in [-0.4, -0.2) is 35.1 Å². The number of ether oxygens (including phenoxy) is 2. The summed E-state index contributed by atoms with van der Waals surface area (Å²) in [6.45, 7) is 0.313. The molecule has 0 fully saturated rings. The van der Waals surface area contributed by atoms with Gasteiger partial charge in [0.25, 0.3) is 0 Å². The van der Waals surface area contributed by atoms with Gasteiger partial charge in [-0.15, -0.1) is 0 Å². The smallest absolute Gasteiger partial charge is 0.244 e. The van der Waals surface area contributed by atoms with Crippen molar-refractivity contribution in [2.24, 2.45) is 5.14 Å². The van der Waals surface area contributed by atoms with Crippen molar-refractivity contribution >= 4 is 22.0 Å². The quantitative estimate of drug-likeness (QED) is 0.478. The Labute approximate surface area is 186 Å². The molecule has 1 aromatic heterocycles. The predicted octanol–water partition coefficient (Wildman–Crippen LogP) is 2.98. The monoisotopic (exact) mass is 456 g/mol. The number of amides is 1. The van der Waals surface area contributed by atoms with Gasteiger partial charge in [0.2, 0.25) is 15.9 Å². The average Bonchev–Trinajstić information content (AvgIpc) is 3.31. The standard InChI is InChI=1S/C23H24N2O6S/c1-29-18-8-6-17(21(15-18)30-2)7-10-23(26)25-12-11-16-5-9-19(20-4-3-13-31-20)22(14-16)32(24,27)28/h3-10,13-15H,11-12H2,1-2H3,(H,25,26)(H2,24,27,28)/b10-7+. The number of hydrogen-bond acceptors (Lipinski definition) is 6. The summed E-state index contributed by atoms with van der Waals surface area (Å²) in [5.74, 6) is 1.36. The third-order valence-electron chi connectivity index (χ3n) is 4.71. The van der Waals surface area contributed by atoms with Crippen molar-refractivity contribution in [3.8, 4) is 22.8 Å². The highest BCUT2D eigenvalue weighted by molar-refractivity contribution is 7.89. The van der Waals surface area contributed by atoms with Crippen LogP contribution in [0.1, 0.15) is 11.1 Å². The molecule has 0 aliphatic rings. The molecule has 3 N–H and O–H groups in total. The lowest BCUT2D eigenvalue weighted by Gasteiger charge is -2.09. The van der Waals surface area contributed by atoms with Crippen LogP contribution in [0, 0.1) is 0 Å². The second kappa shape index (κ2) is 10.2. The van der Waals surface area contributed by atoms with E-state index in [0.29, 0.717) is 41.4 Å². The minimum atomic E-state index is -3.95. The van der Waals surface area contributed by atoms with E-state index in [1.165, 1.54) is 18.4 Å². The van der Waals surface area contributed by atoms with Gasteiger partial charge < -0.3 is 19.2 Å². The zero-order valence-corrected chi connectivity index (χ0v) is 18.5. The SMILES string of the molecule is COc1ccc(/C=C/C(=O)NCCc2ccc(-c3ccco3)c(S(N)(=O)=O)c2)c(OC)c1. The summed E-state index contributed by atoms with van der Waals surface area (Å²) < 4.78 is 39.8. The number of hydrogen-bond donors (Lipinski definition) is 2. The van der Waals surface area contributed by atoms with Gasteiger partial charge in [-0.2, -0.15) is 0 Å². The number of primary sulfonamides is 1. The maximum atomic E-state index is 12.2. The Kier molecular flexibility index (Phi) is 7.34. The van der Waals surface area contributed by atoms with E-state index >= 15 is 0 Å². The maximum absolute atomic E-state index is 12.2. The van der Waals surface area contributed by atoms with Crippen molar-refractivity contribution in [2.75, 3.05) is 20.8 Å². The van der Waals surface area contributed by atoms with Gasteiger partial charge >= 0.3 is 0 Å². The van der Waals surface area contributed by atoms with E-state index in [2.05, 4.69) is 5.32 Å². The Bertz CT molecular complexity index is 1220. The molecule has 3 aromatic rings. The Morgan fingerprint density at radius 3 is 2.59 bits per heavy atom. The highest BCUT2D eigenvalue weighted by Gasteiger charge is 2.17. The number of furan rings is 1. The number of nitrogens with two attached hydrogens (primary N) is 1. The molecular weight excluding hydrogens is 432 g/mol. The number of carbonyl (C=O) groups is 1. The van der Waals surface area contributed by atoms with Gasteiger partial charge in [0.1, 0.15) is 17.3 Å². The van der Waals surface area contributed by atoms with E-state index < -0.39 is 10.0 Å². The lowest BCUT2D eigenvalue weighted by atomic mass is 10.1. The Morgan fingerprint density at radius 2 is 1.94 bits per heavy atom. The van der Waals surface area contributed by atoms with Gasteiger partial charge in [-0.3, -0.25) is 4.79 Å². The van der Waals surface area contributed by atoms with Crippen LogP contribution in [0.25, 0.3) is 17.4 Å². The van der Waals surface area contributed by atoms with E-state index in [1.54, 1.807) is 62.8 Å². The summed E-state index contributed by atoms with van der Waals surface area (Å²) >= 11 is 0. The number of rotatable bonds is 9. The van der Waals surface area contributed by atoms with Crippen LogP contribution in [0.3, 0.4) is 0 Å². The van der Waals surface area contributed by atoms with Crippen LogP contribution in [0.5, 0.6) is 11.5 Å². The summed E-state index contributed by atoms with van der Waals surface area (Å²) in [5.41, 5.74) is 1.84. The normalized spacial score (nSPS) is 11.5. The summed E-state index contributed by atoms with van der Waals surface area (Å²) in [6, 6.07) is 13.5. The molecule has 0 unspecified atom stereocenters. The van der Waals surface area contributed by atoms with Crippen LogP contribution in [0.2, 0.25) is 0 Å². The van der Waals surface area contributed by atoms with E-state index in [9.17, 15) is 13.2 Å². The molecular formula is C23H24N2O6S. The molecule has 1 heterocycles. The highest BCUT2D eigenvalue weighted by Crippen LogP contribution is 2.28. The van der Waals surface area contributed by atoms with Gasteiger partial charge in [0, 0.05) is 29.8 Å². The molecule has 0 spiro atoms. The fourth-order valence-corrected chi connectivity index (χ4v) is 3.89. The molecule has 0 radical (unpaired) electrons. The second-order valence-electron chi connectivity index (χ2n) is 6.84. The molecule has 32 heavy (non-hydrogen) atoms. The van der Waals surface area contributed by atoms with Crippen LogP contribution >= 0.6 is 0 Å². The third-order valence-corrected chi connectivity index (χ3v) is 5.66. The van der Waals surface area contributed by atoms with Gasteiger partial charge in [0.15, 0.2) is 0 Å². The first-order valence-corrected chi connectivity index (χ1v) is 11.2. The van der Waals surface area contributed by atoms with Gasteiger partial charge in [0.05, 0.1) is 25.4 Å². The van der Waals surface area contributed by atoms with Gasteiger partial charge in [-0.1, -0.05) is 6.07 Å². The van der Waals surface area contributed by atoms with E-state index in [0.717, 1.165) is 5.56 Å². The fraction of sp³-hybridized carbons (Fsp3) is 0.174. The van der Waals surface area contributed by atoms with Crippen molar-refractivity contribution in [2.45, 2.75) is 11.3 Å². The second-order valence-corrected chi connectivity index (χ2v) is 8.36. The molecule has 0 aliphatic heterocycles. The van der Waals surface area contributed by atoms with Crippen LogP contribution in [0.4, 0.5) is 0 Å². The zero-order valence-electron chi connectivity index (χ0n) is 17.7. The largest absolute Gasteiger partial charge is 0.497 e. The molecule has 168 valence electrons. The highest BCUT2D eigenvalue weighted by atomic mass is 32.2. The Hall–Kier alpha value is -3.56. The summed E-state index contributed by atoms with van der Waals surface area (Å²) in [4.78, 5) is 12.1. The topological polar surface area (TPSA) is 121 Å². The summed E-state index contributed by atoms with van der Waals surface area (Å²) in [6.07, 6.45) is 4.93. The van der Waals surface area contributed by atoms with Crippen molar-refractivity contribution < 1.29 is 27.1 Å². The molecule has 0 aliphatic carbocycles. The molecule has 0 atom stereocenters. The van der Waals surface area contributed by atoms with E-state index in [4.69, 9.17) is 19.0 Å². The maximum Gasteiger partial charge on any atom is 0.244 e. The van der Waals surface area contributed by atoms with Gasteiger partial charge in [-0.25, -0.2) is 13.6 Å². The molecule has 8 nitrogen and oxygen atoms in total. The molecule has 9 heteroatoms. The van der Waals surface area contributed by atoms with Crippen molar-refractivity contribution in [1.29, 1.82) is 0 Å². The first-order chi connectivity index (χ1) is 15.3. The minimum Gasteiger partial charge on any atom is -0.497 e. The molecule has 0 saturated heterocycles. The number of sulfonamides is 1. The average molecular weight is 457 g/mol. The van der Waals surface area contributed by atoms with Crippen molar-refractivity contribution in [1.82, 2.24) is 5.32 Å². The first-order valence-electron chi connectivity index (χ1n) is 9.69. The lowest BCUT2D eigenvalue weighted by molar-refractivity contribution is -0.116. The lowest BCUT2D eigenvalue weighted by Crippen LogP contribution is -2.23. The Balaban J connectivity index is 1.64. The van der Waals surface area contributed by atoms with E-state index in [-0.39, 0.29) is 10.8 Å². The summed E-state index contributed by atoms with van der Waals surface area (Å²) in [5, 5.41) is 8.15. The van der Waals surface area contributed by atoms with Crippen LogP contribution in [-0.2, 0) is 21.2 Å². The first kappa shape index (κ1) is 23.1. The van der Waals surface area contributed by atoms with Crippen molar-refractivity contribution in [3.63, 3.8) is 0 Å². The fourth-order valence-electron chi connectivity index (χ4n) is 3.10. The van der Waals surface area contributed by atoms with Crippen LogP contribution < -0.4 is 19.9 Å². The number of carbonyl (C=O) groups excluding carboxylic acids is 1. The minimum absolute atomic E-state index is 0.0252. The molecule has 3 rings (SSSR count).